The molecule has 0 spiro atoms. The first-order valence-electron chi connectivity index (χ1n) is 11.1. The number of carbonyl (C=O) groups excluding carboxylic acids is 2. The van der Waals surface area contributed by atoms with Crippen LogP contribution in [0.1, 0.15) is 31.2 Å². The van der Waals surface area contributed by atoms with Gasteiger partial charge in [0.15, 0.2) is 5.78 Å². The number of nitrogen functional groups attached to an aromatic ring is 1. The normalized spacial score (nSPS) is 11.4. The van der Waals surface area contributed by atoms with Crippen molar-refractivity contribution in [1.82, 2.24) is 4.98 Å². The molecule has 2 aromatic heterocycles. The largest absolute Gasteiger partial charge is 0.417 e. The number of ketones is 1. The number of amides is 1. The summed E-state index contributed by atoms with van der Waals surface area (Å²) in [5.74, 6) is -1.04. The van der Waals surface area contributed by atoms with Crippen molar-refractivity contribution in [1.29, 1.82) is 0 Å². The molecule has 5 aromatic rings. The quantitative estimate of drug-likeness (QED) is 0.245. The van der Waals surface area contributed by atoms with Gasteiger partial charge in [-0.05, 0) is 18.2 Å². The van der Waals surface area contributed by atoms with Crippen LogP contribution in [-0.2, 0) is 6.18 Å². The molecule has 2 heterocycles. The summed E-state index contributed by atoms with van der Waals surface area (Å²) in [6.45, 7) is 0. The first-order valence-corrected chi connectivity index (χ1v) is 11.9. The number of alkyl halides is 3. The molecule has 3 aromatic carbocycles. The number of benzene rings is 3. The lowest BCUT2D eigenvalue weighted by atomic mass is 10.0. The third-order valence-electron chi connectivity index (χ3n) is 5.74. The summed E-state index contributed by atoms with van der Waals surface area (Å²) in [7, 11) is 0. The maximum Gasteiger partial charge on any atom is 0.417 e. The minimum absolute atomic E-state index is 0.00928. The molecular formula is C28H18F3N3O2S. The molecule has 0 fully saturated rings. The molecule has 184 valence electrons. The zero-order valence-corrected chi connectivity index (χ0v) is 19.9. The number of pyridine rings is 1. The van der Waals surface area contributed by atoms with Crippen LogP contribution in [0.15, 0.2) is 91.0 Å². The third-order valence-corrected chi connectivity index (χ3v) is 6.83. The Bertz CT molecular complexity index is 1630. The fourth-order valence-electron chi connectivity index (χ4n) is 3.98. The Labute approximate surface area is 213 Å². The van der Waals surface area contributed by atoms with Crippen LogP contribution < -0.4 is 11.1 Å². The molecule has 0 unspecified atom stereocenters. The molecular weight excluding hydrogens is 499 g/mol. The van der Waals surface area contributed by atoms with Crippen molar-refractivity contribution >= 4 is 44.6 Å². The van der Waals surface area contributed by atoms with Crippen LogP contribution in [0, 0.1) is 0 Å². The average molecular weight is 518 g/mol. The van der Waals surface area contributed by atoms with Crippen LogP contribution in [0.4, 0.5) is 24.5 Å². The molecule has 1 amide bonds. The number of anilines is 2. The monoisotopic (exact) mass is 517 g/mol. The van der Waals surface area contributed by atoms with E-state index in [0.29, 0.717) is 11.1 Å². The van der Waals surface area contributed by atoms with Crippen LogP contribution in [-0.4, -0.2) is 16.7 Å². The number of hydrogen-bond donors (Lipinski definition) is 2. The van der Waals surface area contributed by atoms with Crippen molar-refractivity contribution in [3.8, 4) is 11.3 Å². The van der Waals surface area contributed by atoms with Gasteiger partial charge in [0.05, 0.1) is 22.6 Å². The van der Waals surface area contributed by atoms with Crippen LogP contribution in [0.5, 0.6) is 0 Å². The summed E-state index contributed by atoms with van der Waals surface area (Å²) in [6, 6.07) is 24.3. The Morgan fingerprint density at radius 1 is 0.865 bits per heavy atom. The number of nitrogens with two attached hydrogens (primary N) is 1. The molecule has 0 aliphatic heterocycles. The number of nitrogens with zero attached hydrogens (tertiary/aromatic N) is 1. The Hall–Kier alpha value is -4.50. The van der Waals surface area contributed by atoms with Gasteiger partial charge in [-0.15, -0.1) is 11.3 Å². The number of hydrogen-bond acceptors (Lipinski definition) is 5. The summed E-state index contributed by atoms with van der Waals surface area (Å²) in [5.41, 5.74) is 6.33. The third kappa shape index (κ3) is 4.68. The smallest absolute Gasteiger partial charge is 0.397 e. The van der Waals surface area contributed by atoms with Crippen LogP contribution in [0.2, 0.25) is 0 Å². The van der Waals surface area contributed by atoms with Gasteiger partial charge in [-0.25, -0.2) is 4.98 Å². The number of carbonyl (C=O) groups is 2. The standard InChI is InChI=1S/C28H18F3N3O2S/c29-28(30,31)19-15-21(16-9-3-1-4-10-16)34-27-22(19)23(32)25(37-27)26(36)33-20-14-8-7-13-18(20)24(35)17-11-5-2-6-12-17/h1-15H,32H2,(H,33,36). The van der Waals surface area contributed by atoms with Gasteiger partial charge in [-0.1, -0.05) is 72.8 Å². The van der Waals surface area contributed by atoms with Gasteiger partial charge < -0.3 is 11.1 Å². The SMILES string of the molecule is Nc1c(C(=O)Nc2ccccc2C(=O)c2ccccc2)sc2nc(-c3ccccc3)cc(C(F)(F)F)c12. The van der Waals surface area contributed by atoms with E-state index in [2.05, 4.69) is 10.3 Å². The summed E-state index contributed by atoms with van der Waals surface area (Å²) in [6.07, 6.45) is -4.72. The Morgan fingerprint density at radius 3 is 2.16 bits per heavy atom. The molecule has 0 saturated heterocycles. The van der Waals surface area contributed by atoms with Gasteiger partial charge in [0.25, 0.3) is 5.91 Å². The zero-order valence-electron chi connectivity index (χ0n) is 19.0. The average Bonchev–Trinajstić information content (AvgIpc) is 3.25. The minimum atomic E-state index is -4.72. The lowest BCUT2D eigenvalue weighted by Crippen LogP contribution is -2.15. The highest BCUT2D eigenvalue weighted by Gasteiger charge is 2.36. The number of rotatable bonds is 5. The van der Waals surface area contributed by atoms with Crippen molar-refractivity contribution in [2.75, 3.05) is 11.1 Å². The molecule has 5 nitrogen and oxygen atoms in total. The zero-order chi connectivity index (χ0) is 26.2. The highest BCUT2D eigenvalue weighted by atomic mass is 32.1. The van der Waals surface area contributed by atoms with E-state index in [4.69, 9.17) is 5.73 Å². The van der Waals surface area contributed by atoms with Gasteiger partial charge in [0.1, 0.15) is 9.71 Å². The fraction of sp³-hybridized carbons (Fsp3) is 0.0357. The van der Waals surface area contributed by atoms with Gasteiger partial charge in [-0.3, -0.25) is 9.59 Å². The van der Waals surface area contributed by atoms with E-state index in [1.54, 1.807) is 84.9 Å². The van der Waals surface area contributed by atoms with Gasteiger partial charge in [0, 0.05) is 22.1 Å². The molecule has 0 aliphatic rings. The second kappa shape index (κ2) is 9.51. The minimum Gasteiger partial charge on any atom is -0.397 e. The van der Waals surface area contributed by atoms with E-state index in [1.165, 1.54) is 0 Å². The molecule has 9 heteroatoms. The molecule has 0 saturated carbocycles. The van der Waals surface area contributed by atoms with E-state index in [9.17, 15) is 22.8 Å². The number of nitrogens with one attached hydrogen (secondary N) is 1. The Kier molecular flexibility index (Phi) is 6.22. The lowest BCUT2D eigenvalue weighted by Gasteiger charge is -2.12. The van der Waals surface area contributed by atoms with Crippen molar-refractivity contribution in [3.05, 3.63) is 113 Å². The lowest BCUT2D eigenvalue weighted by molar-refractivity contribution is -0.136. The van der Waals surface area contributed by atoms with Crippen molar-refractivity contribution in [3.63, 3.8) is 0 Å². The number of para-hydroxylation sites is 1. The maximum atomic E-state index is 14.0. The van der Waals surface area contributed by atoms with E-state index in [-0.39, 0.29) is 43.5 Å². The molecule has 5 rings (SSSR count). The van der Waals surface area contributed by atoms with E-state index in [0.717, 1.165) is 17.4 Å². The Balaban J connectivity index is 1.57. The van der Waals surface area contributed by atoms with Gasteiger partial charge in [0.2, 0.25) is 0 Å². The molecule has 0 aliphatic carbocycles. The van der Waals surface area contributed by atoms with Crippen molar-refractivity contribution < 1.29 is 22.8 Å². The van der Waals surface area contributed by atoms with Crippen LogP contribution in [0.3, 0.4) is 0 Å². The number of aromatic nitrogens is 1. The maximum absolute atomic E-state index is 14.0. The Morgan fingerprint density at radius 2 is 1.49 bits per heavy atom. The van der Waals surface area contributed by atoms with Crippen LogP contribution in [0.25, 0.3) is 21.5 Å². The predicted octanol–water partition coefficient (Wildman–Crippen LogP) is 7.05. The molecule has 37 heavy (non-hydrogen) atoms. The highest BCUT2D eigenvalue weighted by molar-refractivity contribution is 7.21. The molecule has 0 bridgehead atoms. The second-order valence-corrected chi connectivity index (χ2v) is 9.14. The van der Waals surface area contributed by atoms with Gasteiger partial charge in [-0.2, -0.15) is 13.2 Å². The first kappa shape index (κ1) is 24.2. The predicted molar refractivity (Wildman–Crippen MR) is 139 cm³/mol. The summed E-state index contributed by atoms with van der Waals surface area (Å²) >= 11 is 0.768. The summed E-state index contributed by atoms with van der Waals surface area (Å²) < 4.78 is 42.1. The summed E-state index contributed by atoms with van der Waals surface area (Å²) in [4.78, 5) is 30.5. The van der Waals surface area contributed by atoms with Gasteiger partial charge >= 0.3 is 6.18 Å². The van der Waals surface area contributed by atoms with Crippen molar-refractivity contribution in [2.24, 2.45) is 0 Å². The van der Waals surface area contributed by atoms with E-state index >= 15 is 0 Å². The molecule has 0 radical (unpaired) electrons. The number of halogens is 3. The first-order chi connectivity index (χ1) is 17.7. The second-order valence-electron chi connectivity index (χ2n) is 8.14. The van der Waals surface area contributed by atoms with E-state index in [1.807, 2.05) is 0 Å². The molecule has 0 atom stereocenters. The highest BCUT2D eigenvalue weighted by Crippen LogP contribution is 2.43. The van der Waals surface area contributed by atoms with Crippen molar-refractivity contribution in [2.45, 2.75) is 6.18 Å². The summed E-state index contributed by atoms with van der Waals surface area (Å²) in [5, 5.41) is 2.32. The number of thiophene rings is 1. The topological polar surface area (TPSA) is 85.1 Å². The molecule has 3 N–H and O–H groups in total. The van der Waals surface area contributed by atoms with E-state index < -0.39 is 17.6 Å². The number of fused-ring (bicyclic) bond motifs is 1. The fourth-order valence-corrected chi connectivity index (χ4v) is 5.00. The van der Waals surface area contributed by atoms with Crippen LogP contribution >= 0.6 is 11.3 Å².